The summed E-state index contributed by atoms with van der Waals surface area (Å²) >= 11 is 0. The van der Waals surface area contributed by atoms with Crippen molar-refractivity contribution in [3.63, 3.8) is 0 Å². The van der Waals surface area contributed by atoms with Crippen LogP contribution in [0.25, 0.3) is 0 Å². The third-order valence-corrected chi connectivity index (χ3v) is 5.31. The van der Waals surface area contributed by atoms with Crippen molar-refractivity contribution in [1.29, 1.82) is 0 Å². The molecule has 0 bridgehead atoms. The Bertz CT molecular complexity index is 644. The Hall–Kier alpha value is -1.71. The Balaban J connectivity index is 1.94. The van der Waals surface area contributed by atoms with Crippen LogP contribution in [0, 0.1) is 6.92 Å². The predicted octanol–water partition coefficient (Wildman–Crippen LogP) is 4.79. The topological polar surface area (TPSA) is 15.6 Å². The molecule has 128 valence electrons. The van der Waals surface area contributed by atoms with Crippen molar-refractivity contribution in [3.8, 4) is 0 Å². The van der Waals surface area contributed by atoms with Gasteiger partial charge in [-0.3, -0.25) is 4.99 Å². The van der Waals surface area contributed by atoms with Crippen molar-refractivity contribution >= 4 is 14.3 Å². The minimum Gasteiger partial charge on any atom is -0.300 e. The van der Waals surface area contributed by atoms with Crippen molar-refractivity contribution in [1.82, 2.24) is 4.90 Å². The molecule has 0 aliphatic heterocycles. The molecule has 2 aromatic carbocycles. The number of rotatable bonds is 8. The maximum absolute atomic E-state index is 4.66. The zero-order chi connectivity index (χ0) is 17.4. The zero-order valence-corrected chi connectivity index (χ0v) is 16.5. The van der Waals surface area contributed by atoms with Gasteiger partial charge in [-0.05, 0) is 29.8 Å². The Morgan fingerprint density at radius 1 is 0.958 bits per heavy atom. The first-order chi connectivity index (χ1) is 11.4. The lowest BCUT2D eigenvalue weighted by Gasteiger charge is -2.28. The van der Waals surface area contributed by atoms with Gasteiger partial charge in [0.2, 0.25) is 0 Å². The molecule has 0 aliphatic rings. The minimum atomic E-state index is -1.13. The highest BCUT2D eigenvalue weighted by molar-refractivity contribution is 6.76. The van der Waals surface area contributed by atoms with Gasteiger partial charge in [-0.1, -0.05) is 74.2 Å². The Morgan fingerprint density at radius 3 is 2.29 bits per heavy atom. The summed E-state index contributed by atoms with van der Waals surface area (Å²) in [6.07, 6.45) is 3.23. The van der Waals surface area contributed by atoms with Crippen LogP contribution in [0.2, 0.25) is 19.6 Å². The molecule has 0 N–H and O–H groups in total. The third kappa shape index (κ3) is 6.81. The fourth-order valence-electron chi connectivity index (χ4n) is 2.82. The average molecular weight is 339 g/mol. The van der Waals surface area contributed by atoms with Crippen LogP contribution in [0.4, 0.5) is 0 Å². The van der Waals surface area contributed by atoms with Crippen LogP contribution in [-0.4, -0.2) is 38.4 Å². The largest absolute Gasteiger partial charge is 0.300 e. The zero-order valence-electron chi connectivity index (χ0n) is 15.5. The molecule has 24 heavy (non-hydrogen) atoms. The van der Waals surface area contributed by atoms with Crippen molar-refractivity contribution in [2.45, 2.75) is 33.1 Å². The average Bonchev–Trinajstić information content (AvgIpc) is 2.52. The maximum atomic E-state index is 4.66. The molecular formula is C21H30N2Si. The lowest BCUT2D eigenvalue weighted by Crippen LogP contribution is -2.41. The molecule has 0 aromatic heterocycles. The predicted molar refractivity (Wildman–Crippen MR) is 109 cm³/mol. The van der Waals surface area contributed by atoms with Crippen LogP contribution in [0.5, 0.6) is 0 Å². The van der Waals surface area contributed by atoms with E-state index < -0.39 is 8.07 Å². The van der Waals surface area contributed by atoms with Gasteiger partial charge in [-0.15, -0.1) is 0 Å². The van der Waals surface area contributed by atoms with Crippen LogP contribution in [0.1, 0.15) is 16.7 Å². The number of benzene rings is 2. The normalized spacial score (nSPS) is 12.2. The standard InChI is InChI=1S/C21H30N2Si/c1-19-10-8-9-13-21(19)16-22-14-15-23(18-24(2,3)4)17-20-11-6-5-7-12-20/h5-13,16H,14-15,17-18H2,1-4H3. The van der Waals surface area contributed by atoms with Crippen LogP contribution in [0.15, 0.2) is 59.6 Å². The number of hydrogen-bond acceptors (Lipinski definition) is 2. The molecule has 3 heteroatoms. The summed E-state index contributed by atoms with van der Waals surface area (Å²) in [4.78, 5) is 7.23. The first kappa shape index (κ1) is 18.6. The van der Waals surface area contributed by atoms with Crippen LogP contribution in [-0.2, 0) is 6.54 Å². The summed E-state index contributed by atoms with van der Waals surface area (Å²) in [5, 5.41) is 0. The van der Waals surface area contributed by atoms with Gasteiger partial charge in [0.25, 0.3) is 0 Å². The number of aryl methyl sites for hydroxylation is 1. The molecule has 0 aliphatic carbocycles. The molecule has 0 amide bonds. The van der Waals surface area contributed by atoms with E-state index >= 15 is 0 Å². The SMILES string of the molecule is Cc1ccccc1C=NCCN(Cc1ccccc1)C[Si](C)(C)C. The van der Waals surface area contributed by atoms with Crippen LogP contribution >= 0.6 is 0 Å². The second-order valence-electron chi connectivity index (χ2n) is 7.65. The maximum Gasteiger partial charge on any atom is 0.0599 e. The quantitative estimate of drug-likeness (QED) is 0.499. The van der Waals surface area contributed by atoms with Gasteiger partial charge in [-0.2, -0.15) is 0 Å². The van der Waals surface area contributed by atoms with Gasteiger partial charge >= 0.3 is 0 Å². The number of aliphatic imine (C=N–C) groups is 1. The molecular weight excluding hydrogens is 308 g/mol. The summed E-state index contributed by atoms with van der Waals surface area (Å²) in [5.74, 6) is 0. The molecule has 2 aromatic rings. The highest BCUT2D eigenvalue weighted by Gasteiger charge is 2.18. The van der Waals surface area contributed by atoms with E-state index in [1.165, 1.54) is 22.9 Å². The smallest absolute Gasteiger partial charge is 0.0599 e. The Kier molecular flexibility index (Phi) is 6.94. The lowest BCUT2D eigenvalue weighted by molar-refractivity contribution is 0.313. The molecule has 0 spiro atoms. The highest BCUT2D eigenvalue weighted by Crippen LogP contribution is 2.10. The van der Waals surface area contributed by atoms with Crippen LogP contribution in [0.3, 0.4) is 0 Å². The van der Waals surface area contributed by atoms with Gasteiger partial charge in [0.15, 0.2) is 0 Å². The first-order valence-electron chi connectivity index (χ1n) is 8.76. The van der Waals surface area contributed by atoms with E-state index in [4.69, 9.17) is 0 Å². The van der Waals surface area contributed by atoms with Crippen molar-refractivity contribution in [2.75, 3.05) is 19.3 Å². The van der Waals surface area contributed by atoms with Gasteiger partial charge < -0.3 is 4.90 Å². The summed E-state index contributed by atoms with van der Waals surface area (Å²) in [7, 11) is -1.13. The number of hydrogen-bond donors (Lipinski definition) is 0. The summed E-state index contributed by atoms with van der Waals surface area (Å²) in [6.45, 7) is 12.3. The Labute approximate surface area is 148 Å². The van der Waals surface area contributed by atoms with E-state index in [1.54, 1.807) is 0 Å². The first-order valence-corrected chi connectivity index (χ1v) is 12.5. The fourth-order valence-corrected chi connectivity index (χ4v) is 4.43. The molecule has 2 nitrogen and oxygen atoms in total. The van der Waals surface area contributed by atoms with Gasteiger partial charge in [0.05, 0.1) is 14.6 Å². The summed E-state index contributed by atoms with van der Waals surface area (Å²) in [6, 6.07) is 19.2. The Morgan fingerprint density at radius 2 is 1.62 bits per heavy atom. The minimum absolute atomic E-state index is 0.853. The van der Waals surface area contributed by atoms with E-state index in [2.05, 4.69) is 91.1 Å². The molecule has 0 saturated carbocycles. The third-order valence-electron chi connectivity index (χ3n) is 3.91. The van der Waals surface area contributed by atoms with Crippen molar-refractivity contribution in [3.05, 3.63) is 71.3 Å². The monoisotopic (exact) mass is 338 g/mol. The van der Waals surface area contributed by atoms with Crippen molar-refractivity contribution < 1.29 is 0 Å². The second kappa shape index (κ2) is 8.95. The molecule has 0 saturated heterocycles. The van der Waals surface area contributed by atoms with E-state index in [1.807, 2.05) is 6.21 Å². The molecule has 0 fully saturated rings. The molecule has 0 heterocycles. The lowest BCUT2D eigenvalue weighted by atomic mass is 10.1. The van der Waals surface area contributed by atoms with E-state index in [0.29, 0.717) is 0 Å². The van der Waals surface area contributed by atoms with E-state index in [9.17, 15) is 0 Å². The fraction of sp³-hybridized carbons (Fsp3) is 0.381. The second-order valence-corrected chi connectivity index (χ2v) is 13.1. The van der Waals surface area contributed by atoms with Crippen molar-refractivity contribution in [2.24, 2.45) is 4.99 Å². The van der Waals surface area contributed by atoms with Gasteiger partial charge in [-0.25, -0.2) is 0 Å². The number of nitrogens with zero attached hydrogens (tertiary/aromatic N) is 2. The van der Waals surface area contributed by atoms with Crippen LogP contribution < -0.4 is 0 Å². The summed E-state index contributed by atoms with van der Waals surface area (Å²) < 4.78 is 0. The summed E-state index contributed by atoms with van der Waals surface area (Å²) in [5.41, 5.74) is 3.89. The molecule has 0 unspecified atom stereocenters. The molecule has 2 rings (SSSR count). The van der Waals surface area contributed by atoms with E-state index in [0.717, 1.165) is 19.6 Å². The van der Waals surface area contributed by atoms with Gasteiger partial charge in [0.1, 0.15) is 0 Å². The van der Waals surface area contributed by atoms with Gasteiger partial charge in [0, 0.05) is 19.3 Å². The molecule has 0 atom stereocenters. The highest BCUT2D eigenvalue weighted by atomic mass is 28.3. The van der Waals surface area contributed by atoms with E-state index in [-0.39, 0.29) is 0 Å². The molecule has 0 radical (unpaired) electrons.